The van der Waals surface area contributed by atoms with Gasteiger partial charge in [0.15, 0.2) is 0 Å². The molecular formula is C12H15Cl2NO2. The molecule has 1 aromatic rings. The summed E-state index contributed by atoms with van der Waals surface area (Å²) in [6, 6.07) is 4.96. The number of aliphatic hydroxyl groups is 1. The van der Waals surface area contributed by atoms with E-state index >= 15 is 0 Å². The van der Waals surface area contributed by atoms with Gasteiger partial charge in [-0.25, -0.2) is 0 Å². The van der Waals surface area contributed by atoms with Crippen molar-refractivity contribution in [2.75, 3.05) is 19.7 Å². The summed E-state index contributed by atoms with van der Waals surface area (Å²) in [7, 11) is 0. The van der Waals surface area contributed by atoms with E-state index in [4.69, 9.17) is 28.3 Å². The fourth-order valence-electron chi connectivity index (χ4n) is 1.54. The molecule has 0 aliphatic heterocycles. The van der Waals surface area contributed by atoms with Crippen LogP contribution >= 0.6 is 23.2 Å². The molecule has 0 saturated carbocycles. The molecule has 0 aliphatic carbocycles. The Morgan fingerprint density at radius 3 is 2.65 bits per heavy atom. The number of hydrogen-bond donors (Lipinski definition) is 1. The molecule has 0 bridgehead atoms. The maximum absolute atomic E-state index is 12.2. The third-order valence-corrected chi connectivity index (χ3v) is 3.15. The molecule has 0 aromatic heterocycles. The summed E-state index contributed by atoms with van der Waals surface area (Å²) >= 11 is 11.9. The Bertz CT molecular complexity index is 390. The second-order valence-electron chi connectivity index (χ2n) is 3.62. The van der Waals surface area contributed by atoms with Gasteiger partial charge in [0.1, 0.15) is 0 Å². The number of nitrogens with zero attached hydrogens (tertiary/aromatic N) is 1. The van der Waals surface area contributed by atoms with Crippen molar-refractivity contribution in [3.8, 4) is 0 Å². The van der Waals surface area contributed by atoms with Crippen LogP contribution in [0.4, 0.5) is 0 Å². The molecule has 1 aromatic carbocycles. The molecule has 0 unspecified atom stereocenters. The zero-order valence-corrected chi connectivity index (χ0v) is 11.1. The summed E-state index contributed by atoms with van der Waals surface area (Å²) in [6.07, 6.45) is 0.823. The van der Waals surface area contributed by atoms with Crippen LogP contribution in [0, 0.1) is 0 Å². The quantitative estimate of drug-likeness (QED) is 0.898. The highest BCUT2D eigenvalue weighted by Crippen LogP contribution is 2.26. The predicted molar refractivity (Wildman–Crippen MR) is 69.7 cm³/mol. The summed E-state index contributed by atoms with van der Waals surface area (Å²) in [5.41, 5.74) is 0.376. The second-order valence-corrected chi connectivity index (χ2v) is 4.40. The topological polar surface area (TPSA) is 40.5 Å². The van der Waals surface area contributed by atoms with Crippen LogP contribution in [0.2, 0.25) is 10.0 Å². The Morgan fingerprint density at radius 1 is 1.35 bits per heavy atom. The van der Waals surface area contributed by atoms with Crippen molar-refractivity contribution in [1.82, 2.24) is 4.90 Å². The van der Waals surface area contributed by atoms with E-state index in [2.05, 4.69) is 0 Å². The molecule has 94 valence electrons. The van der Waals surface area contributed by atoms with Gasteiger partial charge in [-0.1, -0.05) is 36.2 Å². The zero-order chi connectivity index (χ0) is 12.8. The Labute approximate surface area is 111 Å². The van der Waals surface area contributed by atoms with Crippen molar-refractivity contribution in [2.45, 2.75) is 13.3 Å². The van der Waals surface area contributed by atoms with Gasteiger partial charge in [0, 0.05) is 13.1 Å². The average Bonchev–Trinajstić information content (AvgIpc) is 2.31. The van der Waals surface area contributed by atoms with Crippen molar-refractivity contribution >= 4 is 29.1 Å². The second kappa shape index (κ2) is 6.84. The van der Waals surface area contributed by atoms with E-state index in [1.54, 1.807) is 23.1 Å². The van der Waals surface area contributed by atoms with Crippen molar-refractivity contribution in [1.29, 1.82) is 0 Å². The number of carbonyl (C=O) groups excluding carboxylic acids is 1. The maximum Gasteiger partial charge on any atom is 0.255 e. The van der Waals surface area contributed by atoms with Crippen molar-refractivity contribution < 1.29 is 9.90 Å². The Hall–Kier alpha value is -0.770. The van der Waals surface area contributed by atoms with Crippen LogP contribution in [0.15, 0.2) is 18.2 Å². The van der Waals surface area contributed by atoms with Gasteiger partial charge < -0.3 is 10.0 Å². The fraction of sp³-hybridized carbons (Fsp3) is 0.417. The zero-order valence-electron chi connectivity index (χ0n) is 9.62. The minimum atomic E-state index is -0.201. The van der Waals surface area contributed by atoms with Crippen molar-refractivity contribution in [3.05, 3.63) is 33.8 Å². The van der Waals surface area contributed by atoms with E-state index in [0.29, 0.717) is 23.7 Å². The molecule has 1 N–H and O–H groups in total. The highest BCUT2D eigenvalue weighted by Gasteiger charge is 2.18. The number of hydrogen-bond acceptors (Lipinski definition) is 2. The molecule has 3 nitrogen and oxygen atoms in total. The molecule has 5 heteroatoms. The first-order valence-electron chi connectivity index (χ1n) is 5.46. The van der Waals surface area contributed by atoms with Crippen LogP contribution in [0.5, 0.6) is 0 Å². The normalized spacial score (nSPS) is 10.4. The third kappa shape index (κ3) is 3.60. The van der Waals surface area contributed by atoms with Gasteiger partial charge in [-0.2, -0.15) is 0 Å². The Balaban J connectivity index is 2.96. The number of aliphatic hydroxyl groups excluding tert-OH is 1. The monoisotopic (exact) mass is 275 g/mol. The summed E-state index contributed by atoms with van der Waals surface area (Å²) < 4.78 is 0. The van der Waals surface area contributed by atoms with E-state index < -0.39 is 0 Å². The first-order chi connectivity index (χ1) is 8.11. The molecule has 0 aliphatic rings. The highest BCUT2D eigenvalue weighted by molar-refractivity contribution is 6.43. The summed E-state index contributed by atoms with van der Waals surface area (Å²) in [5, 5.41) is 9.55. The largest absolute Gasteiger partial charge is 0.395 e. The lowest BCUT2D eigenvalue weighted by atomic mass is 10.2. The van der Waals surface area contributed by atoms with Crippen LogP contribution < -0.4 is 0 Å². The van der Waals surface area contributed by atoms with Gasteiger partial charge in [0.25, 0.3) is 5.91 Å². The van der Waals surface area contributed by atoms with Gasteiger partial charge in [-0.3, -0.25) is 4.79 Å². The van der Waals surface area contributed by atoms with E-state index in [9.17, 15) is 4.79 Å². The number of amides is 1. The van der Waals surface area contributed by atoms with Gasteiger partial charge in [0.05, 0.1) is 22.2 Å². The van der Waals surface area contributed by atoms with Crippen molar-refractivity contribution in [2.24, 2.45) is 0 Å². The van der Waals surface area contributed by atoms with Crippen LogP contribution in [0.25, 0.3) is 0 Å². The smallest absolute Gasteiger partial charge is 0.255 e. The van der Waals surface area contributed by atoms with Crippen LogP contribution in [-0.2, 0) is 0 Å². The molecule has 0 radical (unpaired) electrons. The minimum Gasteiger partial charge on any atom is -0.395 e. The van der Waals surface area contributed by atoms with E-state index in [0.717, 1.165) is 6.42 Å². The molecule has 0 atom stereocenters. The first-order valence-corrected chi connectivity index (χ1v) is 6.21. The molecule has 0 saturated heterocycles. The molecule has 1 rings (SSSR count). The van der Waals surface area contributed by atoms with Gasteiger partial charge in [0.2, 0.25) is 0 Å². The number of carbonyl (C=O) groups is 1. The number of benzene rings is 1. The highest BCUT2D eigenvalue weighted by atomic mass is 35.5. The first kappa shape index (κ1) is 14.3. The molecule has 0 spiro atoms. The summed E-state index contributed by atoms with van der Waals surface area (Å²) in [5.74, 6) is -0.201. The van der Waals surface area contributed by atoms with E-state index in [1.165, 1.54) is 0 Å². The van der Waals surface area contributed by atoms with Gasteiger partial charge in [-0.15, -0.1) is 0 Å². The predicted octanol–water partition coefficient (Wildman–Crippen LogP) is 2.84. The lowest BCUT2D eigenvalue weighted by Crippen LogP contribution is -2.34. The number of halogens is 2. The molecule has 0 fully saturated rings. The van der Waals surface area contributed by atoms with E-state index in [1.807, 2.05) is 6.92 Å². The average molecular weight is 276 g/mol. The summed E-state index contributed by atoms with van der Waals surface area (Å²) in [6.45, 7) is 2.79. The lowest BCUT2D eigenvalue weighted by molar-refractivity contribution is 0.0722. The molecular weight excluding hydrogens is 261 g/mol. The van der Waals surface area contributed by atoms with Crippen LogP contribution in [0.3, 0.4) is 0 Å². The van der Waals surface area contributed by atoms with Crippen LogP contribution in [-0.4, -0.2) is 35.6 Å². The summed E-state index contributed by atoms with van der Waals surface area (Å²) in [4.78, 5) is 13.7. The Kier molecular flexibility index (Phi) is 5.75. The van der Waals surface area contributed by atoms with E-state index in [-0.39, 0.29) is 17.5 Å². The molecule has 1 amide bonds. The maximum atomic E-state index is 12.2. The standard InChI is InChI=1S/C12H15Cl2NO2/c1-2-6-15(7-8-16)12(17)9-4-3-5-10(13)11(9)14/h3-5,16H,2,6-8H2,1H3. The third-order valence-electron chi connectivity index (χ3n) is 2.33. The minimum absolute atomic E-state index is 0.0656. The van der Waals surface area contributed by atoms with Gasteiger partial charge in [-0.05, 0) is 18.6 Å². The van der Waals surface area contributed by atoms with Gasteiger partial charge >= 0.3 is 0 Å². The van der Waals surface area contributed by atoms with Crippen molar-refractivity contribution in [3.63, 3.8) is 0 Å². The lowest BCUT2D eigenvalue weighted by Gasteiger charge is -2.21. The van der Waals surface area contributed by atoms with Crippen LogP contribution in [0.1, 0.15) is 23.7 Å². The fourth-order valence-corrected chi connectivity index (χ4v) is 1.93. The molecule has 0 heterocycles. The molecule has 17 heavy (non-hydrogen) atoms. The Morgan fingerprint density at radius 2 is 2.06 bits per heavy atom. The SMILES string of the molecule is CCCN(CCO)C(=O)c1cccc(Cl)c1Cl. The number of rotatable bonds is 5.